The summed E-state index contributed by atoms with van der Waals surface area (Å²) in [7, 11) is 1.52. The van der Waals surface area contributed by atoms with E-state index in [0.717, 1.165) is 0 Å². The van der Waals surface area contributed by atoms with Crippen molar-refractivity contribution in [2.75, 3.05) is 40.0 Å². The molecule has 0 unspecified atom stereocenters. The van der Waals surface area contributed by atoms with Gasteiger partial charge in [-0.05, 0) is 12.8 Å². The van der Waals surface area contributed by atoms with E-state index < -0.39 is 12.1 Å². The molecule has 0 aliphatic carbocycles. The van der Waals surface area contributed by atoms with Crippen LogP contribution in [-0.2, 0) is 19.0 Å². The van der Waals surface area contributed by atoms with Crippen molar-refractivity contribution in [3.8, 4) is 0 Å². The van der Waals surface area contributed by atoms with Crippen molar-refractivity contribution in [2.24, 2.45) is 5.92 Å². The lowest BCUT2D eigenvalue weighted by atomic mass is 10.2. The second kappa shape index (κ2) is 9.70. The molecule has 0 rings (SSSR count). The van der Waals surface area contributed by atoms with E-state index in [4.69, 9.17) is 14.2 Å². The van der Waals surface area contributed by atoms with Crippen molar-refractivity contribution in [3.63, 3.8) is 0 Å². The third kappa shape index (κ3) is 7.89. The van der Waals surface area contributed by atoms with Gasteiger partial charge in [-0.1, -0.05) is 13.8 Å². The molecule has 0 aromatic heterocycles. The van der Waals surface area contributed by atoms with Crippen LogP contribution in [0.4, 0.5) is 4.79 Å². The molecule has 0 aliphatic rings. The predicted octanol–water partition coefficient (Wildman–Crippen LogP) is 1.29. The quantitative estimate of drug-likeness (QED) is 0.486. The highest BCUT2D eigenvalue weighted by Crippen LogP contribution is 1.98. The smallest absolute Gasteiger partial charge is 0.410 e. The van der Waals surface area contributed by atoms with Gasteiger partial charge in [-0.2, -0.15) is 0 Å². The van der Waals surface area contributed by atoms with E-state index in [9.17, 15) is 9.59 Å². The number of amides is 1. The molecule has 18 heavy (non-hydrogen) atoms. The maximum absolute atomic E-state index is 11.6. The van der Waals surface area contributed by atoms with Crippen LogP contribution in [0.1, 0.15) is 20.8 Å². The summed E-state index contributed by atoms with van der Waals surface area (Å²) in [5.41, 5.74) is 0. The van der Waals surface area contributed by atoms with Gasteiger partial charge < -0.3 is 14.2 Å². The fraction of sp³-hybridized carbons (Fsp3) is 0.833. The number of rotatable bonds is 8. The molecule has 0 N–H and O–H groups in total. The lowest BCUT2D eigenvalue weighted by Gasteiger charge is -2.19. The highest BCUT2D eigenvalue weighted by Gasteiger charge is 2.17. The summed E-state index contributed by atoms with van der Waals surface area (Å²) in [5, 5.41) is 0. The molecule has 0 heterocycles. The number of nitrogens with zero attached hydrogens (tertiary/aromatic N) is 1. The molecule has 0 saturated carbocycles. The number of carbonyl (C=O) groups is 2. The zero-order valence-electron chi connectivity index (χ0n) is 11.6. The molecule has 0 saturated heterocycles. The molecule has 0 aromatic rings. The maximum Gasteiger partial charge on any atom is 0.410 e. The monoisotopic (exact) mass is 261 g/mol. The Hall–Kier alpha value is -1.30. The number of hydrogen-bond donors (Lipinski definition) is 0. The van der Waals surface area contributed by atoms with Crippen molar-refractivity contribution < 1.29 is 23.8 Å². The number of methoxy groups -OCH3 is 1. The molecule has 0 aliphatic heterocycles. The molecule has 6 nitrogen and oxygen atoms in total. The van der Waals surface area contributed by atoms with Gasteiger partial charge in [-0.15, -0.1) is 0 Å². The standard InChI is InChI=1S/C12H23NO5/c1-5-13(12(15)17-7-6-16-4)8-11(14)18-9-10(2)3/h10H,5-9H2,1-4H3. The molecule has 0 atom stereocenters. The molecule has 0 spiro atoms. The average molecular weight is 261 g/mol. The summed E-state index contributed by atoms with van der Waals surface area (Å²) >= 11 is 0. The normalized spacial score (nSPS) is 10.3. The Balaban J connectivity index is 4.00. The summed E-state index contributed by atoms with van der Waals surface area (Å²) in [6.07, 6.45) is -0.531. The van der Waals surface area contributed by atoms with Crippen LogP contribution in [0.5, 0.6) is 0 Å². The minimum atomic E-state index is -0.531. The Morgan fingerprint density at radius 3 is 2.33 bits per heavy atom. The molecule has 106 valence electrons. The first kappa shape index (κ1) is 16.7. The highest BCUT2D eigenvalue weighted by atomic mass is 16.6. The Bertz CT molecular complexity index is 255. The first-order chi connectivity index (χ1) is 8.51. The second-order valence-corrected chi connectivity index (χ2v) is 4.20. The maximum atomic E-state index is 11.6. The van der Waals surface area contributed by atoms with Crippen molar-refractivity contribution in [2.45, 2.75) is 20.8 Å². The van der Waals surface area contributed by atoms with Crippen LogP contribution in [0.25, 0.3) is 0 Å². The lowest BCUT2D eigenvalue weighted by Crippen LogP contribution is -2.37. The van der Waals surface area contributed by atoms with Crippen molar-refractivity contribution in [1.29, 1.82) is 0 Å². The highest BCUT2D eigenvalue weighted by molar-refractivity contribution is 5.78. The van der Waals surface area contributed by atoms with Gasteiger partial charge >= 0.3 is 12.1 Å². The lowest BCUT2D eigenvalue weighted by molar-refractivity contribution is -0.145. The number of likely N-dealkylation sites (N-methyl/N-ethyl adjacent to an activating group) is 1. The predicted molar refractivity (Wildman–Crippen MR) is 66.3 cm³/mol. The molecule has 6 heteroatoms. The first-order valence-corrected chi connectivity index (χ1v) is 6.07. The molecule has 0 bridgehead atoms. The third-order valence-electron chi connectivity index (χ3n) is 2.05. The van der Waals surface area contributed by atoms with Gasteiger partial charge in [0.15, 0.2) is 0 Å². The molecule has 0 aromatic carbocycles. The van der Waals surface area contributed by atoms with E-state index in [0.29, 0.717) is 19.8 Å². The minimum absolute atomic E-state index is 0.0883. The molecule has 0 radical (unpaired) electrons. The van der Waals surface area contributed by atoms with E-state index in [1.807, 2.05) is 13.8 Å². The zero-order chi connectivity index (χ0) is 14.0. The minimum Gasteiger partial charge on any atom is -0.464 e. The topological polar surface area (TPSA) is 65.1 Å². The van der Waals surface area contributed by atoms with E-state index >= 15 is 0 Å². The first-order valence-electron chi connectivity index (χ1n) is 6.07. The van der Waals surface area contributed by atoms with E-state index in [-0.39, 0.29) is 19.1 Å². The average Bonchev–Trinajstić information content (AvgIpc) is 2.33. The summed E-state index contributed by atoms with van der Waals surface area (Å²) in [4.78, 5) is 24.3. The summed E-state index contributed by atoms with van der Waals surface area (Å²) in [5.74, 6) is -0.146. The van der Waals surface area contributed by atoms with Crippen LogP contribution < -0.4 is 0 Å². The Kier molecular flexibility index (Phi) is 9.00. The van der Waals surface area contributed by atoms with Gasteiger partial charge in [0.2, 0.25) is 0 Å². The van der Waals surface area contributed by atoms with Crippen LogP contribution >= 0.6 is 0 Å². The molecular weight excluding hydrogens is 238 g/mol. The number of carbonyl (C=O) groups excluding carboxylic acids is 2. The van der Waals surface area contributed by atoms with Crippen LogP contribution in [0, 0.1) is 5.92 Å². The van der Waals surface area contributed by atoms with Gasteiger partial charge in [-0.25, -0.2) is 4.79 Å². The van der Waals surface area contributed by atoms with Crippen LogP contribution in [0.2, 0.25) is 0 Å². The van der Waals surface area contributed by atoms with Gasteiger partial charge in [0.1, 0.15) is 13.2 Å². The van der Waals surface area contributed by atoms with E-state index in [1.54, 1.807) is 6.92 Å². The van der Waals surface area contributed by atoms with E-state index in [1.165, 1.54) is 12.0 Å². The summed E-state index contributed by atoms with van der Waals surface area (Å²) in [6, 6.07) is 0. The third-order valence-corrected chi connectivity index (χ3v) is 2.05. The summed E-state index contributed by atoms with van der Waals surface area (Å²) < 4.78 is 14.7. The van der Waals surface area contributed by atoms with Crippen molar-refractivity contribution in [3.05, 3.63) is 0 Å². The summed E-state index contributed by atoms with van der Waals surface area (Å²) in [6.45, 7) is 6.84. The fourth-order valence-electron chi connectivity index (χ4n) is 1.07. The largest absolute Gasteiger partial charge is 0.464 e. The van der Waals surface area contributed by atoms with E-state index in [2.05, 4.69) is 0 Å². The van der Waals surface area contributed by atoms with Gasteiger partial charge in [0, 0.05) is 13.7 Å². The second-order valence-electron chi connectivity index (χ2n) is 4.20. The Morgan fingerprint density at radius 1 is 1.17 bits per heavy atom. The van der Waals surface area contributed by atoms with Gasteiger partial charge in [0.05, 0.1) is 13.2 Å². The van der Waals surface area contributed by atoms with Crippen molar-refractivity contribution in [1.82, 2.24) is 4.90 Å². The molecule has 1 amide bonds. The number of ether oxygens (including phenoxy) is 3. The van der Waals surface area contributed by atoms with Gasteiger partial charge in [0.25, 0.3) is 0 Å². The van der Waals surface area contributed by atoms with Crippen LogP contribution in [0.3, 0.4) is 0 Å². The zero-order valence-corrected chi connectivity index (χ0v) is 11.6. The molecule has 0 fully saturated rings. The fourth-order valence-corrected chi connectivity index (χ4v) is 1.07. The Morgan fingerprint density at radius 2 is 1.83 bits per heavy atom. The van der Waals surface area contributed by atoms with Crippen LogP contribution in [0.15, 0.2) is 0 Å². The van der Waals surface area contributed by atoms with Gasteiger partial charge in [-0.3, -0.25) is 9.69 Å². The van der Waals surface area contributed by atoms with Crippen molar-refractivity contribution >= 4 is 12.1 Å². The molecular formula is C12H23NO5. The number of esters is 1. The Labute approximate surface area is 108 Å². The SMILES string of the molecule is CCN(CC(=O)OCC(C)C)C(=O)OCCOC. The van der Waals surface area contributed by atoms with Crippen LogP contribution in [-0.4, -0.2) is 57.0 Å². The number of hydrogen-bond acceptors (Lipinski definition) is 5.